The number of nitrogens with one attached hydrogen (secondary N) is 1. The number of aromatic nitrogens is 2. The summed E-state index contributed by atoms with van der Waals surface area (Å²) in [6, 6.07) is 23.2. The van der Waals surface area contributed by atoms with Gasteiger partial charge in [-0.2, -0.15) is 0 Å². The molecule has 0 spiro atoms. The van der Waals surface area contributed by atoms with E-state index < -0.39 is 0 Å². The average Bonchev–Trinajstić information content (AvgIpc) is 3.46. The van der Waals surface area contributed by atoms with Gasteiger partial charge in [-0.1, -0.05) is 18.2 Å². The zero-order valence-electron chi connectivity index (χ0n) is 16.8. The Bertz CT molecular complexity index is 1600. The highest BCUT2D eigenvalue weighted by atomic mass is 19.1. The van der Waals surface area contributed by atoms with E-state index in [1.807, 2.05) is 24.4 Å². The molecule has 1 N–H and O–H groups in total. The van der Waals surface area contributed by atoms with E-state index in [0.717, 1.165) is 43.9 Å². The van der Waals surface area contributed by atoms with E-state index in [1.54, 1.807) is 24.4 Å². The maximum atomic E-state index is 13.5. The Kier molecular flexibility index (Phi) is 4.15. The zero-order valence-corrected chi connectivity index (χ0v) is 16.8. The van der Waals surface area contributed by atoms with Crippen molar-refractivity contribution in [3.63, 3.8) is 0 Å². The third-order valence-electron chi connectivity index (χ3n) is 5.68. The van der Waals surface area contributed by atoms with Crippen molar-refractivity contribution in [3.05, 3.63) is 103 Å². The smallest absolute Gasteiger partial charge is 0.226 e. The lowest BCUT2D eigenvalue weighted by molar-refractivity contribution is 0.588. The molecule has 0 bridgehead atoms. The summed E-state index contributed by atoms with van der Waals surface area (Å²) in [6.45, 7) is 0. The molecule has 0 aliphatic heterocycles. The topological polar surface area (TPSA) is 41.8 Å². The van der Waals surface area contributed by atoms with Crippen molar-refractivity contribution in [1.29, 1.82) is 0 Å². The maximum absolute atomic E-state index is 13.5. The molecule has 2 heterocycles. The van der Waals surface area contributed by atoms with Crippen LogP contribution in [-0.2, 0) is 0 Å². The molecule has 0 aliphatic rings. The van der Waals surface area contributed by atoms with Crippen LogP contribution in [0.25, 0.3) is 55.6 Å². The van der Waals surface area contributed by atoms with Gasteiger partial charge in [0, 0.05) is 33.8 Å². The van der Waals surface area contributed by atoms with Gasteiger partial charge in [-0.3, -0.25) is 0 Å². The Morgan fingerprint density at radius 1 is 0.688 bits per heavy atom. The predicted octanol–water partition coefficient (Wildman–Crippen LogP) is 7.59. The lowest BCUT2D eigenvalue weighted by Gasteiger charge is -2.05. The molecule has 2 aromatic heterocycles. The van der Waals surface area contributed by atoms with Gasteiger partial charge in [0.25, 0.3) is 0 Å². The first-order chi connectivity index (χ1) is 15.6. The fraction of sp³-hybridized carbons (Fsp3) is 0. The Labute approximate surface area is 182 Å². The van der Waals surface area contributed by atoms with Crippen molar-refractivity contribution >= 4 is 21.7 Å². The van der Waals surface area contributed by atoms with Crippen LogP contribution in [0.1, 0.15) is 0 Å². The quantitative estimate of drug-likeness (QED) is 0.319. The minimum absolute atomic E-state index is 0.264. The third kappa shape index (κ3) is 3.15. The first-order valence-electron chi connectivity index (χ1n) is 10.2. The van der Waals surface area contributed by atoms with Crippen molar-refractivity contribution < 1.29 is 13.2 Å². The number of oxazole rings is 1. The Morgan fingerprint density at radius 2 is 1.41 bits per heavy atom. The molecule has 32 heavy (non-hydrogen) atoms. The van der Waals surface area contributed by atoms with Crippen LogP contribution in [0.2, 0.25) is 0 Å². The summed E-state index contributed by atoms with van der Waals surface area (Å²) >= 11 is 0. The van der Waals surface area contributed by atoms with Crippen LogP contribution >= 0.6 is 0 Å². The largest absolute Gasteiger partial charge is 0.436 e. The molecule has 0 aliphatic carbocycles. The maximum Gasteiger partial charge on any atom is 0.226 e. The van der Waals surface area contributed by atoms with Crippen molar-refractivity contribution in [2.75, 3.05) is 0 Å². The van der Waals surface area contributed by atoms with Gasteiger partial charge in [0.05, 0.1) is 6.20 Å². The molecule has 6 aromatic rings. The third-order valence-corrected chi connectivity index (χ3v) is 5.68. The predicted molar refractivity (Wildman–Crippen MR) is 122 cm³/mol. The summed E-state index contributed by atoms with van der Waals surface area (Å²) in [5.74, 6) is 0.526. The fourth-order valence-electron chi connectivity index (χ4n) is 4.04. The van der Waals surface area contributed by atoms with Gasteiger partial charge < -0.3 is 9.40 Å². The highest BCUT2D eigenvalue weighted by Crippen LogP contribution is 2.33. The molecule has 0 amide bonds. The number of H-pyrrole nitrogens is 1. The van der Waals surface area contributed by atoms with Crippen LogP contribution < -0.4 is 0 Å². The Balaban J connectivity index is 1.40. The lowest BCUT2D eigenvalue weighted by Crippen LogP contribution is -1.81. The summed E-state index contributed by atoms with van der Waals surface area (Å²) in [5, 5.41) is 3.10. The molecule has 0 saturated heterocycles. The number of hydrogen-bond donors (Lipinski definition) is 1. The highest BCUT2D eigenvalue weighted by Gasteiger charge is 2.11. The number of fused-ring (bicyclic) bond motifs is 2. The summed E-state index contributed by atoms with van der Waals surface area (Å²) in [4.78, 5) is 7.56. The van der Waals surface area contributed by atoms with Crippen molar-refractivity contribution in [3.8, 4) is 33.9 Å². The molecule has 0 saturated carbocycles. The SMILES string of the molecule is Fc1ccc(-c2cnc(-c3ccc4ccc(-c5c[nH]c6cc(F)ccc56)cc4c3)o2)cc1. The molecule has 0 radical (unpaired) electrons. The summed E-state index contributed by atoms with van der Waals surface area (Å²) < 4.78 is 32.7. The molecule has 4 aromatic carbocycles. The number of benzene rings is 4. The van der Waals surface area contributed by atoms with Crippen molar-refractivity contribution in [2.45, 2.75) is 0 Å². The molecular weight excluding hydrogens is 406 g/mol. The monoisotopic (exact) mass is 422 g/mol. The standard InChI is InChI=1S/C27H16F2N2O/c28-21-7-5-17(6-8-21)26-15-31-27(32-26)19-4-2-16-1-3-18(11-20(16)12-19)24-14-30-25-13-22(29)9-10-23(24)25/h1-15,30H. The summed E-state index contributed by atoms with van der Waals surface area (Å²) in [6.07, 6.45) is 3.55. The van der Waals surface area contributed by atoms with Gasteiger partial charge in [0.1, 0.15) is 11.6 Å². The normalized spacial score (nSPS) is 11.4. The Morgan fingerprint density at radius 3 is 2.25 bits per heavy atom. The number of hydrogen-bond acceptors (Lipinski definition) is 2. The second-order valence-corrected chi connectivity index (χ2v) is 7.71. The van der Waals surface area contributed by atoms with Crippen molar-refractivity contribution in [2.24, 2.45) is 0 Å². The fourth-order valence-corrected chi connectivity index (χ4v) is 4.04. The average molecular weight is 422 g/mol. The molecule has 6 rings (SSSR count). The molecule has 0 unspecified atom stereocenters. The van der Waals surface area contributed by atoms with Crippen molar-refractivity contribution in [1.82, 2.24) is 9.97 Å². The van der Waals surface area contributed by atoms with Gasteiger partial charge in [-0.05, 0) is 77.0 Å². The number of nitrogens with zero attached hydrogens (tertiary/aromatic N) is 1. The van der Waals surface area contributed by atoms with Gasteiger partial charge in [-0.15, -0.1) is 0 Å². The second kappa shape index (κ2) is 7.17. The van der Waals surface area contributed by atoms with E-state index in [4.69, 9.17) is 4.42 Å². The van der Waals surface area contributed by atoms with E-state index in [1.165, 1.54) is 24.3 Å². The van der Waals surface area contributed by atoms with Crippen LogP contribution in [0, 0.1) is 11.6 Å². The zero-order chi connectivity index (χ0) is 21.7. The number of aromatic amines is 1. The lowest BCUT2D eigenvalue weighted by atomic mass is 9.99. The first kappa shape index (κ1) is 18.5. The molecule has 154 valence electrons. The summed E-state index contributed by atoms with van der Waals surface area (Å²) in [7, 11) is 0. The second-order valence-electron chi connectivity index (χ2n) is 7.71. The van der Waals surface area contributed by atoms with Crippen LogP contribution in [0.15, 0.2) is 95.7 Å². The van der Waals surface area contributed by atoms with Crippen LogP contribution in [0.3, 0.4) is 0 Å². The molecule has 5 heteroatoms. The number of halogens is 2. The molecular formula is C27H16F2N2O. The molecule has 3 nitrogen and oxygen atoms in total. The minimum Gasteiger partial charge on any atom is -0.436 e. The van der Waals surface area contributed by atoms with E-state index >= 15 is 0 Å². The minimum atomic E-state index is -0.292. The van der Waals surface area contributed by atoms with E-state index in [2.05, 4.69) is 28.2 Å². The van der Waals surface area contributed by atoms with Gasteiger partial charge >= 0.3 is 0 Å². The number of rotatable bonds is 3. The summed E-state index contributed by atoms with van der Waals surface area (Å²) in [5.41, 5.74) is 4.43. The van der Waals surface area contributed by atoms with Gasteiger partial charge in [0.15, 0.2) is 5.76 Å². The first-order valence-corrected chi connectivity index (χ1v) is 10.2. The molecule has 0 atom stereocenters. The molecule has 0 fully saturated rings. The van der Waals surface area contributed by atoms with Gasteiger partial charge in [0.2, 0.25) is 5.89 Å². The Hall–Kier alpha value is -4.25. The van der Waals surface area contributed by atoms with Crippen LogP contribution in [0.5, 0.6) is 0 Å². The highest BCUT2D eigenvalue weighted by molar-refractivity contribution is 5.98. The van der Waals surface area contributed by atoms with Crippen LogP contribution in [-0.4, -0.2) is 9.97 Å². The van der Waals surface area contributed by atoms with E-state index in [0.29, 0.717) is 11.7 Å². The van der Waals surface area contributed by atoms with E-state index in [-0.39, 0.29) is 11.6 Å². The van der Waals surface area contributed by atoms with Gasteiger partial charge in [-0.25, -0.2) is 13.8 Å². The van der Waals surface area contributed by atoms with Crippen LogP contribution in [0.4, 0.5) is 8.78 Å². The van der Waals surface area contributed by atoms with E-state index in [9.17, 15) is 8.78 Å².